The van der Waals surface area contributed by atoms with Gasteiger partial charge in [-0.2, -0.15) is 0 Å². The maximum atomic E-state index is 12.4. The summed E-state index contributed by atoms with van der Waals surface area (Å²) in [5, 5.41) is 13.7. The molecule has 1 amide bonds. The number of amides is 1. The average molecular weight is 433 g/mol. The SMILES string of the molecule is Cc1cc(C)nc(NC(=NCCc2cnc[nH]2)NC(=O)CSc2nnc(N)s2)n1. The number of aryl methyl sites for hydroxylation is 2. The van der Waals surface area contributed by atoms with Crippen LogP contribution in [0.2, 0.25) is 0 Å². The van der Waals surface area contributed by atoms with Gasteiger partial charge in [0, 0.05) is 36.2 Å². The minimum atomic E-state index is -0.249. The summed E-state index contributed by atoms with van der Waals surface area (Å²) in [6.07, 6.45) is 3.99. The maximum absolute atomic E-state index is 12.4. The quantitative estimate of drug-likeness (QED) is 0.244. The van der Waals surface area contributed by atoms with Crippen molar-refractivity contribution in [3.8, 4) is 0 Å². The number of nitrogens with zero attached hydrogens (tertiary/aromatic N) is 6. The van der Waals surface area contributed by atoms with Crippen molar-refractivity contribution in [2.24, 2.45) is 4.99 Å². The van der Waals surface area contributed by atoms with Gasteiger partial charge in [-0.25, -0.2) is 15.0 Å². The van der Waals surface area contributed by atoms with Crippen LogP contribution in [-0.4, -0.2) is 54.3 Å². The third kappa shape index (κ3) is 6.80. The molecule has 3 heterocycles. The lowest BCUT2D eigenvalue weighted by molar-refractivity contribution is -0.117. The summed E-state index contributed by atoms with van der Waals surface area (Å²) < 4.78 is 0.626. The number of nitrogen functional groups attached to an aromatic ring is 1. The third-order valence-corrected chi connectivity index (χ3v) is 5.31. The second kappa shape index (κ2) is 9.93. The van der Waals surface area contributed by atoms with Crippen molar-refractivity contribution in [3.05, 3.63) is 35.7 Å². The van der Waals surface area contributed by atoms with E-state index in [1.54, 1.807) is 12.5 Å². The lowest BCUT2D eigenvalue weighted by Crippen LogP contribution is -2.38. The summed E-state index contributed by atoms with van der Waals surface area (Å²) in [4.78, 5) is 32.5. The van der Waals surface area contributed by atoms with E-state index in [4.69, 9.17) is 5.73 Å². The number of anilines is 2. The number of aromatic amines is 1. The smallest absolute Gasteiger partial charge is 0.237 e. The molecular formula is C16H20N10OS2. The number of carbonyl (C=O) groups excluding carboxylic acids is 1. The van der Waals surface area contributed by atoms with Crippen LogP contribution in [0.15, 0.2) is 27.9 Å². The highest BCUT2D eigenvalue weighted by Gasteiger charge is 2.11. The molecule has 5 N–H and O–H groups in total. The number of hydrogen-bond acceptors (Lipinski definition) is 10. The minimum absolute atomic E-state index is 0.142. The fraction of sp³-hybridized carbons (Fsp3) is 0.312. The van der Waals surface area contributed by atoms with Crippen molar-refractivity contribution in [3.63, 3.8) is 0 Å². The van der Waals surface area contributed by atoms with Gasteiger partial charge in [-0.1, -0.05) is 23.1 Å². The fourth-order valence-corrected chi connectivity index (χ4v) is 3.72. The Morgan fingerprint density at radius 3 is 2.76 bits per heavy atom. The first kappa shape index (κ1) is 20.7. The van der Waals surface area contributed by atoms with Gasteiger partial charge in [-0.3, -0.25) is 20.4 Å². The van der Waals surface area contributed by atoms with E-state index in [1.807, 2.05) is 19.9 Å². The van der Waals surface area contributed by atoms with Crippen LogP contribution in [0.25, 0.3) is 0 Å². The normalized spacial score (nSPS) is 11.4. The van der Waals surface area contributed by atoms with Crippen molar-refractivity contribution >= 4 is 46.0 Å². The first-order valence-corrected chi connectivity index (χ1v) is 10.4. The van der Waals surface area contributed by atoms with E-state index in [1.165, 1.54) is 23.1 Å². The molecule has 0 bridgehead atoms. The standard InChI is InChI=1S/C16H20N10OS2/c1-9-5-10(2)22-15(21-9)24-14(19-4-3-11-6-18-8-20-11)23-12(27)7-28-16-26-25-13(17)29-16/h5-6,8H,3-4,7H2,1-2H3,(H2,17,25)(H,18,20)(H2,19,21,22,23,24,27). The highest BCUT2D eigenvalue weighted by Crippen LogP contribution is 2.22. The van der Waals surface area contributed by atoms with Crippen LogP contribution in [-0.2, 0) is 11.2 Å². The van der Waals surface area contributed by atoms with Crippen LogP contribution in [0.1, 0.15) is 17.1 Å². The second-order valence-electron chi connectivity index (χ2n) is 5.90. The number of carbonyl (C=O) groups is 1. The van der Waals surface area contributed by atoms with E-state index in [0.29, 0.717) is 28.4 Å². The van der Waals surface area contributed by atoms with Gasteiger partial charge < -0.3 is 10.7 Å². The summed E-state index contributed by atoms with van der Waals surface area (Å²) in [6.45, 7) is 4.19. The van der Waals surface area contributed by atoms with Crippen LogP contribution in [0.5, 0.6) is 0 Å². The van der Waals surface area contributed by atoms with Gasteiger partial charge in [-0.05, 0) is 19.9 Å². The van der Waals surface area contributed by atoms with Crippen LogP contribution in [0, 0.1) is 13.8 Å². The van der Waals surface area contributed by atoms with Crippen molar-refractivity contribution < 1.29 is 4.79 Å². The number of thioether (sulfide) groups is 1. The van der Waals surface area contributed by atoms with E-state index >= 15 is 0 Å². The number of hydrogen-bond donors (Lipinski definition) is 4. The molecule has 0 aliphatic carbocycles. The van der Waals surface area contributed by atoms with E-state index in [2.05, 4.69) is 45.8 Å². The molecule has 11 nitrogen and oxygen atoms in total. The number of imidazole rings is 1. The molecule has 0 fully saturated rings. The van der Waals surface area contributed by atoms with Gasteiger partial charge in [0.15, 0.2) is 4.34 Å². The van der Waals surface area contributed by atoms with Gasteiger partial charge in [0.2, 0.25) is 22.9 Å². The molecule has 0 atom stereocenters. The van der Waals surface area contributed by atoms with E-state index in [-0.39, 0.29) is 17.6 Å². The van der Waals surface area contributed by atoms with E-state index in [9.17, 15) is 4.79 Å². The van der Waals surface area contributed by atoms with Gasteiger partial charge in [0.1, 0.15) is 0 Å². The number of aromatic nitrogens is 6. The van der Waals surface area contributed by atoms with Gasteiger partial charge >= 0.3 is 0 Å². The Hall–Kier alpha value is -3.06. The Bertz CT molecular complexity index is 965. The molecule has 3 aromatic rings. The summed E-state index contributed by atoms with van der Waals surface area (Å²) >= 11 is 2.48. The predicted octanol–water partition coefficient (Wildman–Crippen LogP) is 1.17. The number of guanidine groups is 1. The Kier molecular flexibility index (Phi) is 7.08. The zero-order valence-corrected chi connectivity index (χ0v) is 17.5. The molecule has 152 valence electrons. The van der Waals surface area contributed by atoms with Gasteiger partial charge in [0.25, 0.3) is 0 Å². The van der Waals surface area contributed by atoms with E-state index < -0.39 is 0 Å². The Morgan fingerprint density at radius 1 is 1.31 bits per heavy atom. The number of rotatable bonds is 7. The Morgan fingerprint density at radius 2 is 2.10 bits per heavy atom. The molecule has 0 aliphatic heterocycles. The van der Waals surface area contributed by atoms with Crippen LogP contribution < -0.4 is 16.4 Å². The highest BCUT2D eigenvalue weighted by molar-refractivity contribution is 8.01. The zero-order chi connectivity index (χ0) is 20.6. The molecule has 3 aromatic heterocycles. The third-order valence-electron chi connectivity index (χ3n) is 3.43. The molecule has 0 saturated heterocycles. The summed E-state index contributed by atoms with van der Waals surface area (Å²) in [7, 11) is 0. The van der Waals surface area contributed by atoms with Crippen molar-refractivity contribution in [1.29, 1.82) is 0 Å². The number of nitrogens with one attached hydrogen (secondary N) is 3. The zero-order valence-electron chi connectivity index (χ0n) is 15.8. The predicted molar refractivity (Wildman–Crippen MR) is 113 cm³/mol. The number of nitrogens with two attached hydrogens (primary N) is 1. The summed E-state index contributed by atoms with van der Waals surface area (Å²) in [6, 6.07) is 1.86. The van der Waals surface area contributed by atoms with E-state index in [0.717, 1.165) is 17.1 Å². The van der Waals surface area contributed by atoms with Crippen molar-refractivity contribution in [1.82, 2.24) is 35.5 Å². The molecule has 0 saturated carbocycles. The Labute approximate surface area is 175 Å². The highest BCUT2D eigenvalue weighted by atomic mass is 32.2. The van der Waals surface area contributed by atoms with Crippen molar-refractivity contribution in [2.75, 3.05) is 23.3 Å². The van der Waals surface area contributed by atoms with Crippen LogP contribution in [0.3, 0.4) is 0 Å². The molecule has 0 aliphatic rings. The maximum Gasteiger partial charge on any atom is 0.237 e. The van der Waals surface area contributed by atoms with Crippen LogP contribution in [0.4, 0.5) is 11.1 Å². The van der Waals surface area contributed by atoms with Crippen molar-refractivity contribution in [2.45, 2.75) is 24.6 Å². The molecule has 0 radical (unpaired) electrons. The second-order valence-corrected chi connectivity index (χ2v) is 8.13. The molecule has 13 heteroatoms. The lowest BCUT2D eigenvalue weighted by atomic mass is 10.3. The summed E-state index contributed by atoms with van der Waals surface area (Å²) in [5.74, 6) is 0.536. The molecule has 29 heavy (non-hydrogen) atoms. The fourth-order valence-electron chi connectivity index (χ4n) is 2.28. The molecule has 0 aromatic carbocycles. The molecular weight excluding hydrogens is 412 g/mol. The monoisotopic (exact) mass is 432 g/mol. The summed E-state index contributed by atoms with van der Waals surface area (Å²) in [5.41, 5.74) is 8.13. The molecule has 0 spiro atoms. The number of H-pyrrole nitrogens is 1. The van der Waals surface area contributed by atoms with Gasteiger partial charge in [0.05, 0.1) is 12.1 Å². The van der Waals surface area contributed by atoms with Crippen LogP contribution >= 0.6 is 23.1 Å². The first-order valence-electron chi connectivity index (χ1n) is 8.60. The first-order chi connectivity index (χ1) is 14.0. The topological polar surface area (TPSA) is 160 Å². The molecule has 3 rings (SSSR count). The Balaban J connectivity index is 1.64. The number of aliphatic imine (C=N–C) groups is 1. The average Bonchev–Trinajstić information content (AvgIpc) is 3.30. The minimum Gasteiger partial charge on any atom is -0.374 e. The molecule has 0 unspecified atom stereocenters. The van der Waals surface area contributed by atoms with Gasteiger partial charge in [-0.15, -0.1) is 10.2 Å². The lowest BCUT2D eigenvalue weighted by Gasteiger charge is -2.11. The largest absolute Gasteiger partial charge is 0.374 e.